The lowest BCUT2D eigenvalue weighted by Gasteiger charge is -2.52. The largest absolute Gasteiger partial charge is 0.465 e. The predicted molar refractivity (Wildman–Crippen MR) is 57.8 cm³/mol. The number of carboxylic acid groups (broad SMARTS) is 1. The van der Waals surface area contributed by atoms with Crippen LogP contribution in [0.2, 0.25) is 0 Å². The first-order valence-corrected chi connectivity index (χ1v) is 5.55. The number of hydrogen-bond donors (Lipinski definition) is 3. The summed E-state index contributed by atoms with van der Waals surface area (Å²) in [4.78, 5) is 10.5. The highest BCUT2D eigenvalue weighted by atomic mass is 16.4. The maximum atomic E-state index is 10.5. The van der Waals surface area contributed by atoms with Crippen LogP contribution in [0.15, 0.2) is 0 Å². The number of nitrogens with one attached hydrogen (secondary N) is 1. The number of hydrogen-bond acceptors (Lipinski definition) is 2. The molecule has 0 heterocycles. The minimum Gasteiger partial charge on any atom is -0.465 e. The fraction of sp³-hybridized carbons (Fsp3) is 0.909. The molecule has 1 amide bonds. The molecule has 3 unspecified atom stereocenters. The summed E-state index contributed by atoms with van der Waals surface area (Å²) in [6.45, 7) is 6.08. The van der Waals surface area contributed by atoms with Crippen LogP contribution in [-0.2, 0) is 0 Å². The Balaban J connectivity index is 2.44. The van der Waals surface area contributed by atoms with Crippen molar-refractivity contribution < 1.29 is 15.0 Å². The van der Waals surface area contributed by atoms with Crippen LogP contribution in [0, 0.1) is 11.3 Å². The molecule has 1 aliphatic carbocycles. The molecular weight excluding hydrogens is 194 g/mol. The highest BCUT2D eigenvalue weighted by Gasteiger charge is 2.48. The van der Waals surface area contributed by atoms with Gasteiger partial charge in [0.05, 0.1) is 6.10 Å². The molecule has 1 fully saturated rings. The Labute approximate surface area is 90.7 Å². The second-order valence-corrected chi connectivity index (χ2v) is 5.05. The molecule has 1 aliphatic rings. The zero-order valence-electron chi connectivity index (χ0n) is 9.66. The third-order valence-corrected chi connectivity index (χ3v) is 3.80. The van der Waals surface area contributed by atoms with Crippen molar-refractivity contribution in [2.45, 2.75) is 52.2 Å². The van der Waals surface area contributed by atoms with E-state index >= 15 is 0 Å². The molecule has 1 rings (SSSR count). The van der Waals surface area contributed by atoms with E-state index in [0.29, 0.717) is 5.92 Å². The summed E-state index contributed by atoms with van der Waals surface area (Å²) in [5.41, 5.74) is -0.0332. The Morgan fingerprint density at radius 2 is 2.20 bits per heavy atom. The van der Waals surface area contributed by atoms with Crippen LogP contribution in [0.3, 0.4) is 0 Å². The lowest BCUT2D eigenvalue weighted by Crippen LogP contribution is -2.58. The van der Waals surface area contributed by atoms with Crippen LogP contribution in [0.5, 0.6) is 0 Å². The van der Waals surface area contributed by atoms with E-state index in [4.69, 9.17) is 5.11 Å². The molecule has 0 aromatic carbocycles. The average Bonchev–Trinajstić information content (AvgIpc) is 2.15. The first-order chi connectivity index (χ1) is 6.87. The van der Waals surface area contributed by atoms with Gasteiger partial charge in [0.15, 0.2) is 0 Å². The van der Waals surface area contributed by atoms with Crippen molar-refractivity contribution in [2.24, 2.45) is 11.3 Å². The Morgan fingerprint density at radius 1 is 1.60 bits per heavy atom. The van der Waals surface area contributed by atoms with Crippen molar-refractivity contribution in [3.8, 4) is 0 Å². The van der Waals surface area contributed by atoms with Gasteiger partial charge in [-0.15, -0.1) is 0 Å². The zero-order valence-corrected chi connectivity index (χ0v) is 9.66. The lowest BCUT2D eigenvalue weighted by molar-refractivity contribution is -0.0181. The third-order valence-electron chi connectivity index (χ3n) is 3.80. The molecule has 4 nitrogen and oxygen atoms in total. The predicted octanol–water partition coefficient (Wildman–Crippen LogP) is 1.83. The van der Waals surface area contributed by atoms with E-state index in [-0.39, 0.29) is 17.6 Å². The molecule has 0 aromatic heterocycles. The molecule has 1 saturated carbocycles. The zero-order chi connectivity index (χ0) is 11.6. The fourth-order valence-corrected chi connectivity index (χ4v) is 2.31. The van der Waals surface area contributed by atoms with Crippen LogP contribution in [0.25, 0.3) is 0 Å². The Hall–Kier alpha value is -0.770. The Morgan fingerprint density at radius 3 is 2.60 bits per heavy atom. The molecule has 0 saturated heterocycles. The van der Waals surface area contributed by atoms with Gasteiger partial charge in [0.25, 0.3) is 0 Å². The minimum atomic E-state index is -0.956. The average molecular weight is 215 g/mol. The van der Waals surface area contributed by atoms with Crippen molar-refractivity contribution in [3.05, 3.63) is 0 Å². The molecule has 0 aliphatic heterocycles. The normalized spacial score (nSPS) is 30.4. The SMILES string of the molecule is CCC(O)CC1CC(NC(=O)O)C1(C)C. The molecule has 3 atom stereocenters. The van der Waals surface area contributed by atoms with E-state index < -0.39 is 6.09 Å². The second kappa shape index (κ2) is 4.39. The first kappa shape index (κ1) is 12.3. The van der Waals surface area contributed by atoms with E-state index in [1.165, 1.54) is 0 Å². The molecule has 0 bridgehead atoms. The number of carbonyl (C=O) groups is 1. The maximum Gasteiger partial charge on any atom is 0.404 e. The van der Waals surface area contributed by atoms with Crippen molar-refractivity contribution in [1.82, 2.24) is 5.32 Å². The van der Waals surface area contributed by atoms with Crippen LogP contribution in [-0.4, -0.2) is 28.5 Å². The molecule has 4 heteroatoms. The fourth-order valence-electron chi connectivity index (χ4n) is 2.31. The molecule has 3 N–H and O–H groups in total. The smallest absolute Gasteiger partial charge is 0.404 e. The van der Waals surface area contributed by atoms with E-state index in [2.05, 4.69) is 19.2 Å². The number of amides is 1. The first-order valence-electron chi connectivity index (χ1n) is 5.55. The summed E-state index contributed by atoms with van der Waals surface area (Å²) in [5.74, 6) is 0.421. The van der Waals surface area contributed by atoms with E-state index in [1.807, 2.05) is 6.92 Å². The number of aliphatic hydroxyl groups is 1. The van der Waals surface area contributed by atoms with E-state index in [0.717, 1.165) is 19.3 Å². The van der Waals surface area contributed by atoms with Gasteiger partial charge >= 0.3 is 6.09 Å². The van der Waals surface area contributed by atoms with Gasteiger partial charge in [0, 0.05) is 6.04 Å². The standard InChI is InChI=1S/C11H21NO3/c1-4-8(13)5-7-6-9(11(7,2)3)12-10(14)15/h7-9,12-13H,4-6H2,1-3H3,(H,14,15). The molecule has 88 valence electrons. The second-order valence-electron chi connectivity index (χ2n) is 5.05. The molecule has 0 spiro atoms. The van der Waals surface area contributed by atoms with Crippen molar-refractivity contribution in [3.63, 3.8) is 0 Å². The van der Waals surface area contributed by atoms with Gasteiger partial charge in [-0.05, 0) is 30.6 Å². The van der Waals surface area contributed by atoms with Gasteiger partial charge in [-0.3, -0.25) is 0 Å². The summed E-state index contributed by atoms with van der Waals surface area (Å²) in [6, 6.07) is 0.0315. The Kier molecular flexibility index (Phi) is 3.60. The summed E-state index contributed by atoms with van der Waals surface area (Å²) < 4.78 is 0. The molecule has 15 heavy (non-hydrogen) atoms. The van der Waals surface area contributed by atoms with Crippen LogP contribution in [0.1, 0.15) is 40.0 Å². The van der Waals surface area contributed by atoms with Gasteiger partial charge in [-0.1, -0.05) is 20.8 Å². The monoisotopic (exact) mass is 215 g/mol. The summed E-state index contributed by atoms with van der Waals surface area (Å²) in [6.07, 6.45) is 1.18. The number of rotatable bonds is 4. The minimum absolute atomic E-state index is 0.0315. The van der Waals surface area contributed by atoms with Crippen molar-refractivity contribution >= 4 is 6.09 Å². The molecule has 0 radical (unpaired) electrons. The van der Waals surface area contributed by atoms with Gasteiger partial charge in [-0.25, -0.2) is 4.79 Å². The van der Waals surface area contributed by atoms with Gasteiger partial charge in [0.2, 0.25) is 0 Å². The topological polar surface area (TPSA) is 69.6 Å². The van der Waals surface area contributed by atoms with Crippen molar-refractivity contribution in [2.75, 3.05) is 0 Å². The van der Waals surface area contributed by atoms with Crippen molar-refractivity contribution in [1.29, 1.82) is 0 Å². The van der Waals surface area contributed by atoms with Crippen LogP contribution in [0.4, 0.5) is 4.79 Å². The lowest BCUT2D eigenvalue weighted by atomic mass is 9.57. The number of aliphatic hydroxyl groups excluding tert-OH is 1. The third kappa shape index (κ3) is 2.62. The highest BCUT2D eigenvalue weighted by Crippen LogP contribution is 2.48. The van der Waals surface area contributed by atoms with E-state index in [1.54, 1.807) is 0 Å². The van der Waals surface area contributed by atoms with Gasteiger partial charge < -0.3 is 15.5 Å². The summed E-state index contributed by atoms with van der Waals surface area (Å²) in [5, 5.41) is 20.7. The highest BCUT2D eigenvalue weighted by molar-refractivity contribution is 5.65. The maximum absolute atomic E-state index is 10.5. The van der Waals surface area contributed by atoms with Crippen LogP contribution >= 0.6 is 0 Å². The quantitative estimate of drug-likeness (QED) is 0.670. The molecule has 0 aromatic rings. The summed E-state index contributed by atoms with van der Waals surface area (Å²) in [7, 11) is 0. The van der Waals surface area contributed by atoms with E-state index in [9.17, 15) is 9.90 Å². The van der Waals surface area contributed by atoms with Gasteiger partial charge in [-0.2, -0.15) is 0 Å². The summed E-state index contributed by atoms with van der Waals surface area (Å²) >= 11 is 0. The van der Waals surface area contributed by atoms with Gasteiger partial charge in [0.1, 0.15) is 0 Å². The molecular formula is C11H21NO3. The van der Waals surface area contributed by atoms with Crippen LogP contribution < -0.4 is 5.32 Å². The Bertz CT molecular complexity index is 240.